The number of benzene rings is 2. The molecule has 0 radical (unpaired) electrons. The Morgan fingerprint density at radius 2 is 1.69 bits per heavy atom. The molecule has 13 heteroatoms. The van der Waals surface area contributed by atoms with E-state index in [2.05, 4.69) is 15.6 Å². The lowest BCUT2D eigenvalue weighted by atomic mass is 9.85. The first-order chi connectivity index (χ1) is 24.8. The molecular weight excluding hydrogens is 683 g/mol. The van der Waals surface area contributed by atoms with Gasteiger partial charge in [-0.15, -0.1) is 11.3 Å². The number of thiazole rings is 1. The Kier molecular flexibility index (Phi) is 13.4. The second-order valence-electron chi connectivity index (χ2n) is 14.8. The van der Waals surface area contributed by atoms with Crippen LogP contribution < -0.4 is 21.1 Å². The quantitative estimate of drug-likeness (QED) is 0.141. The SMILES string of the molecule is Cc1ncsc1-c1ccc(CNC(=O)[C@@H]2C[C@@H](O)CN2C(=O)[C@@H](NC(=O)COCCCOCCCOc2ccc(C3(N)CC3)cc2)C(C)(C)C)cc1. The molecule has 3 amide bonds. The maximum Gasteiger partial charge on any atom is 0.246 e. The van der Waals surface area contributed by atoms with Crippen molar-refractivity contribution in [3.05, 3.63) is 70.9 Å². The van der Waals surface area contributed by atoms with E-state index in [-0.39, 0.29) is 37.6 Å². The number of ether oxygens (including phenoxy) is 3. The van der Waals surface area contributed by atoms with Gasteiger partial charge in [0.05, 0.1) is 28.8 Å². The van der Waals surface area contributed by atoms with Crippen LogP contribution in [-0.4, -0.2) is 90.5 Å². The lowest BCUT2D eigenvalue weighted by Crippen LogP contribution is -2.58. The highest BCUT2D eigenvalue weighted by Gasteiger charge is 2.44. The van der Waals surface area contributed by atoms with Gasteiger partial charge in [0.15, 0.2) is 0 Å². The van der Waals surface area contributed by atoms with Gasteiger partial charge in [-0.25, -0.2) is 4.98 Å². The number of aromatic nitrogens is 1. The van der Waals surface area contributed by atoms with Crippen LogP contribution >= 0.6 is 11.3 Å². The van der Waals surface area contributed by atoms with Crippen molar-refractivity contribution in [3.8, 4) is 16.2 Å². The largest absolute Gasteiger partial charge is 0.494 e. The average Bonchev–Trinajstić information content (AvgIpc) is 3.52. The number of likely N-dealkylation sites (tertiary alicyclic amines) is 1. The maximum atomic E-state index is 13.8. The number of rotatable bonds is 18. The molecule has 1 saturated heterocycles. The molecule has 2 heterocycles. The molecule has 0 bridgehead atoms. The molecule has 1 aliphatic carbocycles. The van der Waals surface area contributed by atoms with Crippen molar-refractivity contribution < 1.29 is 33.7 Å². The van der Waals surface area contributed by atoms with Crippen molar-refractivity contribution in [2.45, 2.75) is 90.1 Å². The smallest absolute Gasteiger partial charge is 0.246 e. The van der Waals surface area contributed by atoms with Gasteiger partial charge >= 0.3 is 0 Å². The summed E-state index contributed by atoms with van der Waals surface area (Å²) in [6.45, 7) is 9.47. The van der Waals surface area contributed by atoms with Crippen molar-refractivity contribution in [2.75, 3.05) is 39.6 Å². The monoisotopic (exact) mass is 735 g/mol. The van der Waals surface area contributed by atoms with Crippen LogP contribution in [0.2, 0.25) is 0 Å². The third kappa shape index (κ3) is 10.8. The summed E-state index contributed by atoms with van der Waals surface area (Å²) in [5.74, 6) is -0.392. The van der Waals surface area contributed by atoms with Gasteiger partial charge in [0.25, 0.3) is 0 Å². The molecule has 0 spiro atoms. The predicted octanol–water partition coefficient (Wildman–Crippen LogP) is 4.07. The van der Waals surface area contributed by atoms with Gasteiger partial charge in [-0.3, -0.25) is 14.4 Å². The van der Waals surface area contributed by atoms with Crippen molar-refractivity contribution in [1.29, 1.82) is 0 Å². The number of β-amino-alcohol motifs (C(OH)–C–C–N with tert-alkyl or cyclic N) is 1. The Morgan fingerprint density at radius 3 is 2.33 bits per heavy atom. The number of aliphatic hydroxyl groups excluding tert-OH is 1. The van der Waals surface area contributed by atoms with E-state index < -0.39 is 35.4 Å². The molecular formula is C39H53N5O7S. The second-order valence-corrected chi connectivity index (χ2v) is 15.7. The highest BCUT2D eigenvalue weighted by atomic mass is 32.1. The normalized spacial score (nSPS) is 18.5. The molecule has 1 aromatic heterocycles. The number of aryl methyl sites for hydroxylation is 1. The second kappa shape index (κ2) is 17.8. The topological polar surface area (TPSA) is 165 Å². The number of carbonyl (C=O) groups is 3. The number of nitrogens with one attached hydrogen (secondary N) is 2. The summed E-state index contributed by atoms with van der Waals surface area (Å²) < 4.78 is 17.0. The van der Waals surface area contributed by atoms with Gasteiger partial charge in [0.1, 0.15) is 24.4 Å². The van der Waals surface area contributed by atoms with Crippen LogP contribution in [0.5, 0.6) is 5.75 Å². The Morgan fingerprint density at radius 1 is 1.02 bits per heavy atom. The van der Waals surface area contributed by atoms with Crippen LogP contribution in [0.4, 0.5) is 0 Å². The van der Waals surface area contributed by atoms with Gasteiger partial charge in [-0.1, -0.05) is 57.2 Å². The first-order valence-electron chi connectivity index (χ1n) is 18.1. The average molecular weight is 736 g/mol. The summed E-state index contributed by atoms with van der Waals surface area (Å²) in [4.78, 5) is 46.8. The van der Waals surface area contributed by atoms with E-state index in [4.69, 9.17) is 19.9 Å². The number of hydrogen-bond donors (Lipinski definition) is 4. The van der Waals surface area contributed by atoms with Gasteiger partial charge in [0.2, 0.25) is 17.7 Å². The summed E-state index contributed by atoms with van der Waals surface area (Å²) in [6.07, 6.45) is 2.68. The molecule has 3 aromatic rings. The van der Waals surface area contributed by atoms with Crippen LogP contribution in [0.15, 0.2) is 54.0 Å². The molecule has 2 fully saturated rings. The van der Waals surface area contributed by atoms with E-state index in [0.717, 1.165) is 52.3 Å². The van der Waals surface area contributed by atoms with Crippen LogP contribution in [0.1, 0.15) is 69.7 Å². The zero-order chi connectivity index (χ0) is 37.3. The maximum absolute atomic E-state index is 13.8. The summed E-state index contributed by atoms with van der Waals surface area (Å²) in [5.41, 5.74) is 11.3. The van der Waals surface area contributed by atoms with Crippen molar-refractivity contribution >= 4 is 29.1 Å². The van der Waals surface area contributed by atoms with E-state index in [0.29, 0.717) is 32.8 Å². The standard InChI is InChI=1S/C39H53N5O7S/c1-26-34(52-25-42-26)28-9-7-27(8-10-28)22-41-36(47)32-21-30(45)23-44(32)37(48)35(38(2,3)4)43-33(46)24-50-19-5-17-49-18-6-20-51-31-13-11-29(12-14-31)39(40)15-16-39/h7-14,25,30,32,35,45H,5-6,15-24,40H2,1-4H3,(H,41,47)(H,43,46)/t30-,32+,35-/m1/s1. The van der Waals surface area contributed by atoms with Gasteiger partial charge in [-0.2, -0.15) is 0 Å². The Balaban J connectivity index is 0.991. The van der Waals surface area contributed by atoms with Gasteiger partial charge < -0.3 is 40.6 Å². The summed E-state index contributed by atoms with van der Waals surface area (Å²) in [7, 11) is 0. The molecule has 5 rings (SSSR count). The van der Waals surface area contributed by atoms with Gasteiger partial charge in [-0.05, 0) is 60.4 Å². The number of nitrogens with zero attached hydrogens (tertiary/aromatic N) is 2. The highest BCUT2D eigenvalue weighted by Crippen LogP contribution is 2.42. The molecule has 282 valence electrons. The molecule has 0 unspecified atom stereocenters. The minimum atomic E-state index is -0.925. The Labute approximate surface area is 310 Å². The highest BCUT2D eigenvalue weighted by molar-refractivity contribution is 7.13. The van der Waals surface area contributed by atoms with Crippen molar-refractivity contribution in [3.63, 3.8) is 0 Å². The number of amides is 3. The first-order valence-corrected chi connectivity index (χ1v) is 18.9. The minimum Gasteiger partial charge on any atom is -0.494 e. The van der Waals surface area contributed by atoms with E-state index in [1.54, 1.807) is 11.3 Å². The fraction of sp³-hybridized carbons (Fsp3) is 0.538. The number of hydrogen-bond acceptors (Lipinski definition) is 10. The Hall–Kier alpha value is -3.88. The lowest BCUT2D eigenvalue weighted by Gasteiger charge is -2.35. The van der Waals surface area contributed by atoms with Crippen LogP contribution in [-0.2, 0) is 35.9 Å². The van der Waals surface area contributed by atoms with E-state index >= 15 is 0 Å². The fourth-order valence-corrected chi connectivity index (χ4v) is 6.98. The molecule has 2 aromatic carbocycles. The van der Waals surface area contributed by atoms with Crippen LogP contribution in [0, 0.1) is 12.3 Å². The molecule has 1 saturated carbocycles. The molecule has 2 aliphatic rings. The van der Waals surface area contributed by atoms with Crippen molar-refractivity contribution in [1.82, 2.24) is 20.5 Å². The number of nitrogens with two attached hydrogens (primary N) is 1. The lowest BCUT2D eigenvalue weighted by molar-refractivity contribution is -0.144. The molecule has 12 nitrogen and oxygen atoms in total. The number of aliphatic hydroxyl groups is 1. The predicted molar refractivity (Wildman–Crippen MR) is 200 cm³/mol. The number of carbonyl (C=O) groups excluding carboxylic acids is 3. The summed E-state index contributed by atoms with van der Waals surface area (Å²) in [6, 6.07) is 14.1. The molecule has 5 N–H and O–H groups in total. The first kappa shape index (κ1) is 39.3. The zero-order valence-corrected chi connectivity index (χ0v) is 31.5. The fourth-order valence-electron chi connectivity index (χ4n) is 6.17. The van der Waals surface area contributed by atoms with E-state index in [1.807, 2.05) is 81.7 Å². The third-order valence-corrected chi connectivity index (χ3v) is 10.4. The molecule has 1 aliphatic heterocycles. The molecule has 3 atom stereocenters. The van der Waals surface area contributed by atoms with Crippen molar-refractivity contribution in [2.24, 2.45) is 11.1 Å². The van der Waals surface area contributed by atoms with Gasteiger partial charge in [0, 0.05) is 51.3 Å². The zero-order valence-electron chi connectivity index (χ0n) is 30.7. The van der Waals surface area contributed by atoms with E-state index in [9.17, 15) is 19.5 Å². The minimum absolute atomic E-state index is 0.00729. The van der Waals surface area contributed by atoms with Crippen LogP contribution in [0.3, 0.4) is 0 Å². The Bertz CT molecular complexity index is 1640. The van der Waals surface area contributed by atoms with E-state index in [1.165, 1.54) is 4.90 Å². The third-order valence-electron chi connectivity index (χ3n) is 9.44. The molecule has 52 heavy (non-hydrogen) atoms. The van der Waals surface area contributed by atoms with Crippen LogP contribution in [0.25, 0.3) is 10.4 Å². The summed E-state index contributed by atoms with van der Waals surface area (Å²) >= 11 is 1.58. The summed E-state index contributed by atoms with van der Waals surface area (Å²) in [5, 5.41) is 16.2.